The number of nitrogens with one attached hydrogen (secondary N) is 1. The summed E-state index contributed by atoms with van der Waals surface area (Å²) in [5.41, 5.74) is 3.06. The molecule has 4 rings (SSSR count). The van der Waals surface area contributed by atoms with Gasteiger partial charge in [-0.1, -0.05) is 54.6 Å². The highest BCUT2D eigenvalue weighted by Gasteiger charge is 2.29. The van der Waals surface area contributed by atoms with Crippen molar-refractivity contribution in [2.45, 2.75) is 36.7 Å². The van der Waals surface area contributed by atoms with Crippen LogP contribution in [0.5, 0.6) is 0 Å². The Labute approximate surface area is 187 Å². The minimum atomic E-state index is -4.01. The van der Waals surface area contributed by atoms with E-state index in [1.54, 1.807) is 0 Å². The van der Waals surface area contributed by atoms with Crippen LogP contribution in [-0.2, 0) is 27.8 Å². The first-order valence-electron chi connectivity index (χ1n) is 10.6. The van der Waals surface area contributed by atoms with Gasteiger partial charge in [-0.15, -0.1) is 0 Å². The highest BCUT2D eigenvalue weighted by Crippen LogP contribution is 2.29. The molecule has 0 saturated carbocycles. The highest BCUT2D eigenvalue weighted by atomic mass is 32.2. The third-order valence-electron chi connectivity index (χ3n) is 5.68. The summed E-state index contributed by atoms with van der Waals surface area (Å²) in [6, 6.07) is 21.6. The Morgan fingerprint density at radius 3 is 2.41 bits per heavy atom. The number of aryl methyl sites for hydroxylation is 1. The van der Waals surface area contributed by atoms with Crippen LogP contribution in [0.15, 0.2) is 83.8 Å². The van der Waals surface area contributed by atoms with Crippen LogP contribution in [0.2, 0.25) is 0 Å². The van der Waals surface area contributed by atoms with E-state index in [9.17, 15) is 17.6 Å². The van der Waals surface area contributed by atoms with E-state index in [0.29, 0.717) is 0 Å². The van der Waals surface area contributed by atoms with Gasteiger partial charge in [-0.05, 0) is 60.2 Å². The normalized spacial score (nSPS) is 15.9. The van der Waals surface area contributed by atoms with Crippen molar-refractivity contribution in [1.82, 2.24) is 9.62 Å². The third-order valence-corrected chi connectivity index (χ3v) is 7.48. The third kappa shape index (κ3) is 5.06. The van der Waals surface area contributed by atoms with Crippen LogP contribution >= 0.6 is 0 Å². The largest absolute Gasteiger partial charge is 0.348 e. The molecule has 0 saturated heterocycles. The summed E-state index contributed by atoms with van der Waals surface area (Å²) in [5, 5.41) is 3.02. The summed E-state index contributed by atoms with van der Waals surface area (Å²) < 4.78 is 41.1. The molecule has 166 valence electrons. The van der Waals surface area contributed by atoms with E-state index >= 15 is 0 Å². The second-order valence-electron chi connectivity index (χ2n) is 7.92. The lowest BCUT2D eigenvalue weighted by atomic mass is 9.88. The number of amides is 1. The highest BCUT2D eigenvalue weighted by molar-refractivity contribution is 7.89. The van der Waals surface area contributed by atoms with Crippen LogP contribution in [0.3, 0.4) is 0 Å². The first kappa shape index (κ1) is 22.2. The lowest BCUT2D eigenvalue weighted by Crippen LogP contribution is -2.42. The summed E-state index contributed by atoms with van der Waals surface area (Å²) in [4.78, 5) is 12.9. The summed E-state index contributed by atoms with van der Waals surface area (Å²) in [5.74, 6) is -0.888. The van der Waals surface area contributed by atoms with Crippen LogP contribution in [0, 0.1) is 5.82 Å². The van der Waals surface area contributed by atoms with Gasteiger partial charge in [0, 0.05) is 6.54 Å². The first-order chi connectivity index (χ1) is 15.4. The van der Waals surface area contributed by atoms with E-state index in [0.717, 1.165) is 46.8 Å². The van der Waals surface area contributed by atoms with Gasteiger partial charge < -0.3 is 5.32 Å². The van der Waals surface area contributed by atoms with Crippen molar-refractivity contribution in [3.05, 3.63) is 101 Å². The molecular weight excluding hydrogens is 427 g/mol. The molecule has 0 aromatic heterocycles. The molecule has 3 aromatic carbocycles. The van der Waals surface area contributed by atoms with Gasteiger partial charge in [-0.3, -0.25) is 4.79 Å². The SMILES string of the molecule is O=C(CN(Cc1ccccc1)S(=O)(=O)c1ccc(F)cc1)NC1CCCc2ccccc21. The van der Waals surface area contributed by atoms with Gasteiger partial charge in [0.1, 0.15) is 5.82 Å². The molecule has 0 spiro atoms. The van der Waals surface area contributed by atoms with E-state index in [1.165, 1.54) is 17.7 Å². The van der Waals surface area contributed by atoms with Crippen molar-refractivity contribution in [2.75, 3.05) is 6.54 Å². The van der Waals surface area contributed by atoms with Crippen LogP contribution in [0.4, 0.5) is 4.39 Å². The molecule has 7 heteroatoms. The number of sulfonamides is 1. The number of fused-ring (bicyclic) bond motifs is 1. The molecule has 1 amide bonds. The number of benzene rings is 3. The number of carbonyl (C=O) groups is 1. The maximum absolute atomic E-state index is 13.3. The zero-order valence-electron chi connectivity index (χ0n) is 17.6. The number of hydrogen-bond acceptors (Lipinski definition) is 3. The van der Waals surface area contributed by atoms with Crippen molar-refractivity contribution >= 4 is 15.9 Å². The lowest BCUT2D eigenvalue weighted by molar-refractivity contribution is -0.122. The molecular formula is C25H25FN2O3S. The number of rotatable bonds is 7. The Kier molecular flexibility index (Phi) is 6.67. The number of carbonyl (C=O) groups excluding carboxylic acids is 1. The molecule has 1 atom stereocenters. The Bertz CT molecular complexity index is 1180. The molecule has 0 bridgehead atoms. The molecule has 1 aliphatic carbocycles. The average molecular weight is 453 g/mol. The van der Waals surface area contributed by atoms with Gasteiger partial charge in [0.25, 0.3) is 0 Å². The quantitative estimate of drug-likeness (QED) is 0.584. The van der Waals surface area contributed by atoms with E-state index in [4.69, 9.17) is 0 Å². The minimum absolute atomic E-state index is 0.0369. The van der Waals surface area contributed by atoms with Gasteiger partial charge >= 0.3 is 0 Å². The molecule has 0 fully saturated rings. The van der Waals surface area contributed by atoms with Gasteiger partial charge in [0.2, 0.25) is 15.9 Å². The Balaban J connectivity index is 1.56. The van der Waals surface area contributed by atoms with Crippen LogP contribution in [-0.4, -0.2) is 25.2 Å². The molecule has 0 heterocycles. The molecule has 1 N–H and O–H groups in total. The Morgan fingerprint density at radius 2 is 1.66 bits per heavy atom. The predicted octanol–water partition coefficient (Wildman–Crippen LogP) is 4.21. The van der Waals surface area contributed by atoms with Crippen molar-refractivity contribution < 1.29 is 17.6 Å². The number of hydrogen-bond donors (Lipinski definition) is 1. The van der Waals surface area contributed by atoms with Crippen molar-refractivity contribution in [3.63, 3.8) is 0 Å². The molecule has 0 radical (unpaired) electrons. The molecule has 3 aromatic rings. The first-order valence-corrected chi connectivity index (χ1v) is 12.0. The van der Waals surface area contributed by atoms with Crippen molar-refractivity contribution in [3.8, 4) is 0 Å². The second kappa shape index (κ2) is 9.63. The maximum Gasteiger partial charge on any atom is 0.243 e. The zero-order chi connectivity index (χ0) is 22.6. The van der Waals surface area contributed by atoms with E-state index in [-0.39, 0.29) is 29.9 Å². The summed E-state index contributed by atoms with van der Waals surface area (Å²) in [6.45, 7) is -0.289. The van der Waals surface area contributed by atoms with Gasteiger partial charge in [0.15, 0.2) is 0 Å². The maximum atomic E-state index is 13.3. The second-order valence-corrected chi connectivity index (χ2v) is 9.86. The van der Waals surface area contributed by atoms with Crippen LogP contribution < -0.4 is 5.32 Å². The fourth-order valence-corrected chi connectivity index (χ4v) is 5.46. The van der Waals surface area contributed by atoms with Gasteiger partial charge in [-0.2, -0.15) is 4.31 Å². The predicted molar refractivity (Wildman–Crippen MR) is 121 cm³/mol. The number of halogens is 1. The average Bonchev–Trinajstić information content (AvgIpc) is 2.80. The fraction of sp³-hybridized carbons (Fsp3) is 0.240. The molecule has 32 heavy (non-hydrogen) atoms. The molecule has 0 aliphatic heterocycles. The van der Waals surface area contributed by atoms with E-state index in [2.05, 4.69) is 11.4 Å². The Hall–Kier alpha value is -3.03. The molecule has 5 nitrogen and oxygen atoms in total. The van der Waals surface area contributed by atoms with E-state index < -0.39 is 15.8 Å². The summed E-state index contributed by atoms with van der Waals surface area (Å²) in [7, 11) is -4.01. The fourth-order valence-electron chi connectivity index (χ4n) is 4.07. The molecule has 1 unspecified atom stereocenters. The summed E-state index contributed by atoms with van der Waals surface area (Å²) >= 11 is 0. The van der Waals surface area contributed by atoms with Crippen LogP contribution in [0.1, 0.15) is 35.6 Å². The van der Waals surface area contributed by atoms with Gasteiger partial charge in [-0.25, -0.2) is 12.8 Å². The topological polar surface area (TPSA) is 66.5 Å². The van der Waals surface area contributed by atoms with E-state index in [1.807, 2.05) is 48.5 Å². The lowest BCUT2D eigenvalue weighted by Gasteiger charge is -2.28. The monoisotopic (exact) mass is 452 g/mol. The Morgan fingerprint density at radius 1 is 0.969 bits per heavy atom. The van der Waals surface area contributed by atoms with Crippen LogP contribution in [0.25, 0.3) is 0 Å². The minimum Gasteiger partial charge on any atom is -0.348 e. The standard InChI is InChI=1S/C25H25FN2O3S/c26-21-13-15-22(16-14-21)32(30,31)28(17-19-7-2-1-3-8-19)18-25(29)27-24-12-6-10-20-9-4-5-11-23(20)24/h1-5,7-9,11,13-16,24H,6,10,12,17-18H2,(H,27,29). The zero-order valence-corrected chi connectivity index (χ0v) is 18.4. The van der Waals surface area contributed by atoms with Gasteiger partial charge in [0.05, 0.1) is 17.5 Å². The van der Waals surface area contributed by atoms with Crippen molar-refractivity contribution in [2.24, 2.45) is 0 Å². The molecule has 1 aliphatic rings. The summed E-state index contributed by atoms with van der Waals surface area (Å²) in [6.07, 6.45) is 2.75. The number of nitrogens with zero attached hydrogens (tertiary/aromatic N) is 1. The smallest absolute Gasteiger partial charge is 0.243 e. The van der Waals surface area contributed by atoms with Crippen molar-refractivity contribution in [1.29, 1.82) is 0 Å².